The van der Waals surface area contributed by atoms with Gasteiger partial charge in [-0.25, -0.2) is 0 Å². The normalized spacial score (nSPS) is 10.3. The molecule has 0 saturated carbocycles. The predicted molar refractivity (Wildman–Crippen MR) is 80.6 cm³/mol. The molecule has 0 heterocycles. The summed E-state index contributed by atoms with van der Waals surface area (Å²) in [6, 6.07) is 14.0. The molecule has 0 spiro atoms. The highest BCUT2D eigenvalue weighted by Crippen LogP contribution is 2.25. The van der Waals surface area contributed by atoms with E-state index in [1.807, 2.05) is 42.5 Å². The van der Waals surface area contributed by atoms with Crippen LogP contribution < -0.4 is 5.32 Å². The zero-order valence-electron chi connectivity index (χ0n) is 8.88. The van der Waals surface area contributed by atoms with E-state index in [2.05, 4.69) is 37.2 Å². The number of nitrogens with one attached hydrogen (secondary N) is 1. The zero-order valence-corrected chi connectivity index (χ0v) is 12.8. The van der Waals surface area contributed by atoms with Gasteiger partial charge >= 0.3 is 0 Å². The van der Waals surface area contributed by atoms with Gasteiger partial charge in [0.25, 0.3) is 0 Å². The molecule has 2 rings (SSSR count). The van der Waals surface area contributed by atoms with Crippen LogP contribution in [0.25, 0.3) is 0 Å². The van der Waals surface area contributed by atoms with Crippen LogP contribution in [0.5, 0.6) is 0 Å². The van der Waals surface area contributed by atoms with Gasteiger partial charge in [0.05, 0.1) is 5.02 Å². The largest absolute Gasteiger partial charge is 0.380 e. The van der Waals surface area contributed by atoms with E-state index in [1.54, 1.807) is 0 Å². The third-order valence-corrected chi connectivity index (χ3v) is 4.25. The number of hydrogen-bond acceptors (Lipinski definition) is 1. The number of para-hydroxylation sites is 1. The molecule has 0 aliphatic carbocycles. The second-order valence-electron chi connectivity index (χ2n) is 3.58. The lowest BCUT2D eigenvalue weighted by Gasteiger charge is -2.09. The molecular formula is C13H10Br2ClN. The Morgan fingerprint density at radius 1 is 1.00 bits per heavy atom. The standard InChI is InChI=1S/C13H10Br2ClN/c14-10-3-1-2-4-13(10)17-8-9-5-6-12(16)11(15)7-9/h1-7,17H,8H2. The SMILES string of the molecule is Clc1ccc(CNc2ccccc2Br)cc1Br. The third kappa shape index (κ3) is 3.47. The number of hydrogen-bond donors (Lipinski definition) is 1. The van der Waals surface area contributed by atoms with Gasteiger partial charge < -0.3 is 5.32 Å². The maximum absolute atomic E-state index is 5.95. The molecule has 2 aromatic carbocycles. The monoisotopic (exact) mass is 373 g/mol. The molecule has 0 atom stereocenters. The van der Waals surface area contributed by atoms with Crippen LogP contribution in [0.15, 0.2) is 51.4 Å². The number of halogens is 3. The van der Waals surface area contributed by atoms with Crippen LogP contribution in [0.2, 0.25) is 5.02 Å². The molecule has 17 heavy (non-hydrogen) atoms. The van der Waals surface area contributed by atoms with Gasteiger partial charge in [-0.1, -0.05) is 29.8 Å². The van der Waals surface area contributed by atoms with E-state index >= 15 is 0 Å². The molecular weight excluding hydrogens is 365 g/mol. The Labute approximate surface area is 122 Å². The summed E-state index contributed by atoms with van der Waals surface area (Å²) in [5, 5.41) is 4.10. The summed E-state index contributed by atoms with van der Waals surface area (Å²) < 4.78 is 1.98. The van der Waals surface area contributed by atoms with Crippen molar-refractivity contribution in [3.63, 3.8) is 0 Å². The second kappa shape index (κ2) is 5.89. The van der Waals surface area contributed by atoms with Crippen molar-refractivity contribution in [2.75, 3.05) is 5.32 Å². The molecule has 0 aromatic heterocycles. The van der Waals surface area contributed by atoms with Crippen LogP contribution in [0, 0.1) is 0 Å². The molecule has 2 aromatic rings. The van der Waals surface area contributed by atoms with E-state index in [4.69, 9.17) is 11.6 Å². The Morgan fingerprint density at radius 3 is 2.47 bits per heavy atom. The van der Waals surface area contributed by atoms with Gasteiger partial charge in [0, 0.05) is 21.2 Å². The van der Waals surface area contributed by atoms with Gasteiger partial charge in [0.1, 0.15) is 0 Å². The zero-order chi connectivity index (χ0) is 12.3. The lowest BCUT2D eigenvalue weighted by molar-refractivity contribution is 1.14. The third-order valence-electron chi connectivity index (χ3n) is 2.34. The van der Waals surface area contributed by atoms with Gasteiger partial charge in [-0.05, 0) is 61.7 Å². The molecule has 0 bridgehead atoms. The predicted octanol–water partition coefficient (Wildman–Crippen LogP) is 5.48. The Morgan fingerprint density at radius 2 is 1.76 bits per heavy atom. The lowest BCUT2D eigenvalue weighted by Crippen LogP contribution is -1.99. The van der Waals surface area contributed by atoms with E-state index in [-0.39, 0.29) is 0 Å². The molecule has 0 saturated heterocycles. The first-order chi connectivity index (χ1) is 8.16. The van der Waals surface area contributed by atoms with Crippen molar-refractivity contribution < 1.29 is 0 Å². The number of benzene rings is 2. The number of anilines is 1. The summed E-state index contributed by atoms with van der Waals surface area (Å²) in [5.74, 6) is 0. The van der Waals surface area contributed by atoms with E-state index in [9.17, 15) is 0 Å². The van der Waals surface area contributed by atoms with Crippen molar-refractivity contribution in [2.45, 2.75) is 6.54 Å². The minimum atomic E-state index is 0.731. The fourth-order valence-electron chi connectivity index (χ4n) is 1.45. The highest BCUT2D eigenvalue weighted by atomic mass is 79.9. The Hall–Kier alpha value is -0.510. The molecule has 0 aliphatic heterocycles. The first-order valence-electron chi connectivity index (χ1n) is 5.09. The van der Waals surface area contributed by atoms with Crippen LogP contribution in [0.3, 0.4) is 0 Å². The Balaban J connectivity index is 2.08. The molecule has 0 unspecified atom stereocenters. The van der Waals surface area contributed by atoms with E-state index < -0.39 is 0 Å². The summed E-state index contributed by atoms with van der Waals surface area (Å²) in [5.41, 5.74) is 2.26. The van der Waals surface area contributed by atoms with Crippen molar-refractivity contribution in [2.24, 2.45) is 0 Å². The van der Waals surface area contributed by atoms with Gasteiger partial charge in [-0.3, -0.25) is 0 Å². The summed E-state index contributed by atoms with van der Waals surface area (Å²) in [6.07, 6.45) is 0. The van der Waals surface area contributed by atoms with Gasteiger partial charge in [0.15, 0.2) is 0 Å². The topological polar surface area (TPSA) is 12.0 Å². The minimum absolute atomic E-state index is 0.731. The average Bonchev–Trinajstić information content (AvgIpc) is 2.32. The lowest BCUT2D eigenvalue weighted by atomic mass is 10.2. The van der Waals surface area contributed by atoms with Crippen LogP contribution in [0.1, 0.15) is 5.56 Å². The molecule has 1 N–H and O–H groups in total. The van der Waals surface area contributed by atoms with E-state index in [0.717, 1.165) is 26.2 Å². The Kier molecular flexibility index (Phi) is 4.48. The molecule has 0 fully saturated rings. The van der Waals surface area contributed by atoms with Crippen molar-refractivity contribution in [3.8, 4) is 0 Å². The average molecular weight is 375 g/mol. The van der Waals surface area contributed by atoms with Crippen molar-refractivity contribution in [1.82, 2.24) is 0 Å². The summed E-state index contributed by atoms with van der Waals surface area (Å²) in [6.45, 7) is 0.762. The van der Waals surface area contributed by atoms with E-state index in [0.29, 0.717) is 0 Å². The maximum atomic E-state index is 5.95. The fraction of sp³-hybridized carbons (Fsp3) is 0.0769. The minimum Gasteiger partial charge on any atom is -0.380 e. The molecule has 0 aliphatic rings. The number of rotatable bonds is 3. The summed E-state index contributed by atoms with van der Waals surface area (Å²) in [4.78, 5) is 0. The molecule has 1 nitrogen and oxygen atoms in total. The highest BCUT2D eigenvalue weighted by molar-refractivity contribution is 9.11. The van der Waals surface area contributed by atoms with Crippen molar-refractivity contribution >= 4 is 49.1 Å². The molecule has 88 valence electrons. The molecule has 4 heteroatoms. The summed E-state index contributed by atoms with van der Waals surface area (Å²) >= 11 is 12.9. The quantitative estimate of drug-likeness (QED) is 0.749. The van der Waals surface area contributed by atoms with Crippen LogP contribution in [-0.2, 0) is 6.54 Å². The molecule has 0 radical (unpaired) electrons. The van der Waals surface area contributed by atoms with Gasteiger partial charge in [-0.15, -0.1) is 0 Å². The van der Waals surface area contributed by atoms with Gasteiger partial charge in [0.2, 0.25) is 0 Å². The highest BCUT2D eigenvalue weighted by Gasteiger charge is 2.01. The van der Waals surface area contributed by atoms with Gasteiger partial charge in [-0.2, -0.15) is 0 Å². The summed E-state index contributed by atoms with van der Waals surface area (Å²) in [7, 11) is 0. The maximum Gasteiger partial charge on any atom is 0.0548 e. The first kappa shape index (κ1) is 12.9. The second-order valence-corrected chi connectivity index (χ2v) is 5.70. The Bertz CT molecular complexity index is 529. The molecule has 0 amide bonds. The first-order valence-corrected chi connectivity index (χ1v) is 7.05. The fourth-order valence-corrected chi connectivity index (χ4v) is 2.42. The van der Waals surface area contributed by atoms with E-state index in [1.165, 1.54) is 5.56 Å². The van der Waals surface area contributed by atoms with Crippen molar-refractivity contribution in [3.05, 3.63) is 62.0 Å². The van der Waals surface area contributed by atoms with Crippen LogP contribution in [0.4, 0.5) is 5.69 Å². The van der Waals surface area contributed by atoms with Crippen LogP contribution >= 0.6 is 43.5 Å². The van der Waals surface area contributed by atoms with Crippen molar-refractivity contribution in [1.29, 1.82) is 0 Å². The van der Waals surface area contributed by atoms with Crippen LogP contribution in [-0.4, -0.2) is 0 Å². The smallest absolute Gasteiger partial charge is 0.0548 e.